The van der Waals surface area contributed by atoms with Gasteiger partial charge in [0.15, 0.2) is 0 Å². The number of aromatic nitrogens is 2. The second-order valence-corrected chi connectivity index (χ2v) is 3.35. The minimum atomic E-state index is 0.204. The van der Waals surface area contributed by atoms with E-state index < -0.39 is 0 Å². The molecule has 0 aliphatic carbocycles. The first kappa shape index (κ1) is 10.9. The normalized spacial score (nSPS) is 9.65. The lowest BCUT2D eigenvalue weighted by Gasteiger charge is -2.06. The van der Waals surface area contributed by atoms with Crippen LogP contribution in [0.4, 0.5) is 5.95 Å². The topological polar surface area (TPSA) is 84.8 Å². The van der Waals surface area contributed by atoms with E-state index in [0.29, 0.717) is 11.3 Å². The lowest BCUT2D eigenvalue weighted by molar-refractivity contribution is 0.415. The Bertz CT molecular complexity index is 572. The first-order valence-electron chi connectivity index (χ1n) is 4.90. The Morgan fingerprint density at radius 1 is 1.29 bits per heavy atom. The third-order valence-corrected chi connectivity index (χ3v) is 2.33. The molecule has 0 spiro atoms. The van der Waals surface area contributed by atoms with E-state index in [1.807, 2.05) is 0 Å². The number of methoxy groups -OCH3 is 1. The van der Waals surface area contributed by atoms with Crippen molar-refractivity contribution in [2.75, 3.05) is 12.8 Å². The third-order valence-electron chi connectivity index (χ3n) is 2.33. The molecule has 0 atom stereocenters. The van der Waals surface area contributed by atoms with Gasteiger partial charge in [-0.2, -0.15) is 5.26 Å². The Morgan fingerprint density at radius 2 is 2.00 bits per heavy atom. The molecule has 17 heavy (non-hydrogen) atoms. The number of rotatable bonds is 2. The molecule has 0 saturated heterocycles. The molecule has 0 fully saturated rings. The van der Waals surface area contributed by atoms with Gasteiger partial charge in [-0.1, -0.05) is 0 Å². The van der Waals surface area contributed by atoms with Gasteiger partial charge in [0, 0.05) is 23.5 Å². The number of hydrogen-bond acceptors (Lipinski definition) is 5. The molecule has 0 aliphatic heterocycles. The molecule has 84 valence electrons. The van der Waals surface area contributed by atoms with Crippen LogP contribution in [0.15, 0.2) is 30.6 Å². The number of nitrogens with zero attached hydrogens (tertiary/aromatic N) is 3. The van der Waals surface area contributed by atoms with Gasteiger partial charge in [-0.15, -0.1) is 0 Å². The van der Waals surface area contributed by atoms with E-state index in [9.17, 15) is 0 Å². The van der Waals surface area contributed by atoms with E-state index in [0.717, 1.165) is 11.1 Å². The van der Waals surface area contributed by atoms with Crippen molar-refractivity contribution in [3.05, 3.63) is 36.2 Å². The standard InChI is InChI=1S/C12H10N4O/c1-17-10-3-2-8(5-13)11(4-10)9-6-15-12(14)16-7-9/h2-4,6-7H,1H3,(H2,14,15,16). The molecule has 0 unspecified atom stereocenters. The number of ether oxygens (including phenoxy) is 1. The van der Waals surface area contributed by atoms with Crippen molar-refractivity contribution in [3.63, 3.8) is 0 Å². The van der Waals surface area contributed by atoms with Crippen LogP contribution in [-0.2, 0) is 0 Å². The van der Waals surface area contributed by atoms with Gasteiger partial charge in [-0.25, -0.2) is 9.97 Å². The molecule has 1 heterocycles. The molecular weight excluding hydrogens is 216 g/mol. The summed E-state index contributed by atoms with van der Waals surface area (Å²) in [5, 5.41) is 9.04. The first-order valence-corrected chi connectivity index (χ1v) is 4.90. The summed E-state index contributed by atoms with van der Waals surface area (Å²) in [7, 11) is 1.57. The number of benzene rings is 1. The van der Waals surface area contributed by atoms with Crippen molar-refractivity contribution < 1.29 is 4.74 Å². The quantitative estimate of drug-likeness (QED) is 0.840. The summed E-state index contributed by atoms with van der Waals surface area (Å²) >= 11 is 0. The summed E-state index contributed by atoms with van der Waals surface area (Å²) in [5.74, 6) is 0.881. The predicted molar refractivity (Wildman–Crippen MR) is 63.1 cm³/mol. The molecule has 2 N–H and O–H groups in total. The maximum absolute atomic E-state index is 9.04. The van der Waals surface area contributed by atoms with Crippen LogP contribution >= 0.6 is 0 Å². The second kappa shape index (κ2) is 4.49. The summed E-state index contributed by atoms with van der Waals surface area (Å²) in [4.78, 5) is 7.81. The molecule has 0 radical (unpaired) electrons. The molecule has 5 heteroatoms. The van der Waals surface area contributed by atoms with E-state index in [-0.39, 0.29) is 5.95 Å². The number of anilines is 1. The Kier molecular flexibility index (Phi) is 2.88. The number of nitrogens with two attached hydrogens (primary N) is 1. The fourth-order valence-electron chi connectivity index (χ4n) is 1.46. The fourth-order valence-corrected chi connectivity index (χ4v) is 1.46. The van der Waals surface area contributed by atoms with Gasteiger partial charge in [0.2, 0.25) is 5.95 Å². The highest BCUT2D eigenvalue weighted by molar-refractivity contribution is 5.71. The van der Waals surface area contributed by atoms with Crippen LogP contribution in [0.3, 0.4) is 0 Å². The Labute approximate surface area is 98.5 Å². The molecule has 2 rings (SSSR count). The SMILES string of the molecule is COc1ccc(C#N)c(-c2cnc(N)nc2)c1. The number of nitriles is 1. The highest BCUT2D eigenvalue weighted by atomic mass is 16.5. The van der Waals surface area contributed by atoms with E-state index >= 15 is 0 Å². The van der Waals surface area contributed by atoms with Crippen LogP contribution in [0, 0.1) is 11.3 Å². The van der Waals surface area contributed by atoms with Gasteiger partial charge in [-0.05, 0) is 18.2 Å². The Balaban J connectivity index is 2.56. The van der Waals surface area contributed by atoms with Crippen LogP contribution in [0.25, 0.3) is 11.1 Å². The van der Waals surface area contributed by atoms with Gasteiger partial charge in [0.05, 0.1) is 18.7 Å². The zero-order valence-electron chi connectivity index (χ0n) is 9.21. The average molecular weight is 226 g/mol. The van der Waals surface area contributed by atoms with E-state index in [2.05, 4.69) is 16.0 Å². The molecule has 0 amide bonds. The molecule has 2 aromatic rings. The monoisotopic (exact) mass is 226 g/mol. The summed E-state index contributed by atoms with van der Waals surface area (Å²) in [5.41, 5.74) is 7.42. The van der Waals surface area contributed by atoms with Crippen molar-refractivity contribution >= 4 is 5.95 Å². The molecular formula is C12H10N4O. The van der Waals surface area contributed by atoms with Gasteiger partial charge >= 0.3 is 0 Å². The molecule has 0 bridgehead atoms. The van der Waals surface area contributed by atoms with Crippen LogP contribution in [-0.4, -0.2) is 17.1 Å². The summed E-state index contributed by atoms with van der Waals surface area (Å²) in [6.45, 7) is 0. The van der Waals surface area contributed by atoms with Crippen molar-refractivity contribution in [2.45, 2.75) is 0 Å². The van der Waals surface area contributed by atoms with E-state index in [1.54, 1.807) is 37.7 Å². The van der Waals surface area contributed by atoms with Crippen molar-refractivity contribution in [3.8, 4) is 22.9 Å². The minimum Gasteiger partial charge on any atom is -0.497 e. The lowest BCUT2D eigenvalue weighted by Crippen LogP contribution is -1.95. The molecule has 5 nitrogen and oxygen atoms in total. The fraction of sp³-hybridized carbons (Fsp3) is 0.0833. The Morgan fingerprint density at radius 3 is 2.59 bits per heavy atom. The van der Waals surface area contributed by atoms with Gasteiger partial charge in [-0.3, -0.25) is 0 Å². The van der Waals surface area contributed by atoms with Crippen LogP contribution in [0.2, 0.25) is 0 Å². The van der Waals surface area contributed by atoms with Gasteiger partial charge in [0.1, 0.15) is 5.75 Å². The van der Waals surface area contributed by atoms with E-state index in [1.165, 1.54) is 0 Å². The largest absolute Gasteiger partial charge is 0.497 e. The highest BCUT2D eigenvalue weighted by Gasteiger charge is 2.07. The maximum Gasteiger partial charge on any atom is 0.219 e. The Hall–Kier alpha value is -2.61. The summed E-state index contributed by atoms with van der Waals surface area (Å²) < 4.78 is 5.12. The van der Waals surface area contributed by atoms with Crippen molar-refractivity contribution in [2.24, 2.45) is 0 Å². The van der Waals surface area contributed by atoms with Crippen LogP contribution in [0.1, 0.15) is 5.56 Å². The smallest absolute Gasteiger partial charge is 0.219 e. The lowest BCUT2D eigenvalue weighted by atomic mass is 10.0. The molecule has 0 aliphatic rings. The third kappa shape index (κ3) is 2.16. The summed E-state index contributed by atoms with van der Waals surface area (Å²) in [6.07, 6.45) is 3.16. The minimum absolute atomic E-state index is 0.204. The predicted octanol–water partition coefficient (Wildman–Crippen LogP) is 1.61. The first-order chi connectivity index (χ1) is 8.24. The second-order valence-electron chi connectivity index (χ2n) is 3.35. The number of hydrogen-bond donors (Lipinski definition) is 1. The van der Waals surface area contributed by atoms with Crippen LogP contribution < -0.4 is 10.5 Å². The average Bonchev–Trinajstić information content (AvgIpc) is 2.39. The van der Waals surface area contributed by atoms with Crippen molar-refractivity contribution in [1.82, 2.24) is 9.97 Å². The summed E-state index contributed by atoms with van der Waals surface area (Å²) in [6, 6.07) is 7.32. The maximum atomic E-state index is 9.04. The molecule has 0 saturated carbocycles. The van der Waals surface area contributed by atoms with Crippen LogP contribution in [0.5, 0.6) is 5.75 Å². The zero-order valence-corrected chi connectivity index (χ0v) is 9.21. The van der Waals surface area contributed by atoms with E-state index in [4.69, 9.17) is 15.7 Å². The molecule has 1 aromatic heterocycles. The van der Waals surface area contributed by atoms with Gasteiger partial charge in [0.25, 0.3) is 0 Å². The van der Waals surface area contributed by atoms with Crippen molar-refractivity contribution in [1.29, 1.82) is 5.26 Å². The van der Waals surface area contributed by atoms with Gasteiger partial charge < -0.3 is 10.5 Å². The highest BCUT2D eigenvalue weighted by Crippen LogP contribution is 2.26. The zero-order chi connectivity index (χ0) is 12.3. The molecule has 1 aromatic carbocycles. The number of nitrogen functional groups attached to an aromatic ring is 1.